The Balaban J connectivity index is 1.10. The molecule has 0 radical (unpaired) electrons. The predicted octanol–water partition coefficient (Wildman–Crippen LogP) is 6.34. The minimum atomic E-state index is -0.709. The number of hydrogen-bond acceptors (Lipinski definition) is 13. The van der Waals surface area contributed by atoms with Crippen molar-refractivity contribution in [3.63, 3.8) is 0 Å². The summed E-state index contributed by atoms with van der Waals surface area (Å²) in [6, 6.07) is 15.6. The van der Waals surface area contributed by atoms with Crippen LogP contribution >= 0.6 is 0 Å². The van der Waals surface area contributed by atoms with Gasteiger partial charge in [-0.1, -0.05) is 24.8 Å². The average molecular weight is 766 g/mol. The fraction of sp³-hybridized carbons (Fsp3) is 0.359. The second-order valence-corrected chi connectivity index (χ2v) is 13.1. The number of nitrogens with one attached hydrogen (secondary N) is 2. The van der Waals surface area contributed by atoms with E-state index in [9.17, 15) is 29.6 Å². The molecule has 0 bridgehead atoms. The molecule has 4 aromatic rings. The zero-order chi connectivity index (χ0) is 40.4. The van der Waals surface area contributed by atoms with Gasteiger partial charge >= 0.3 is 5.69 Å². The number of azo groups is 2. The number of aliphatic hydroxyl groups excluding tert-OH is 1. The van der Waals surface area contributed by atoms with Crippen molar-refractivity contribution in [2.75, 3.05) is 32.1 Å². The van der Waals surface area contributed by atoms with Gasteiger partial charge in [-0.3, -0.25) is 29.3 Å². The summed E-state index contributed by atoms with van der Waals surface area (Å²) in [6.45, 7) is 6.07. The Hall–Kier alpha value is -6.51. The van der Waals surface area contributed by atoms with E-state index in [-0.39, 0.29) is 42.2 Å². The number of ether oxygens (including phenoxy) is 2. The molecular weight excluding hydrogens is 722 g/mol. The molecule has 1 aliphatic heterocycles. The normalized spacial score (nSPS) is 16.5. The van der Waals surface area contributed by atoms with Gasteiger partial charge < -0.3 is 24.8 Å². The number of carbonyl (C=O) groups is 1. The van der Waals surface area contributed by atoms with Crippen LogP contribution in [0.4, 0.5) is 34.1 Å². The third kappa shape index (κ3) is 10.4. The van der Waals surface area contributed by atoms with E-state index in [2.05, 4.69) is 42.6 Å². The van der Waals surface area contributed by atoms with Crippen molar-refractivity contribution in [2.45, 2.75) is 64.9 Å². The van der Waals surface area contributed by atoms with Gasteiger partial charge in [-0.15, -0.1) is 15.3 Å². The predicted molar refractivity (Wildman–Crippen MR) is 209 cm³/mol. The summed E-state index contributed by atoms with van der Waals surface area (Å²) in [7, 11) is 3.41. The van der Waals surface area contributed by atoms with Gasteiger partial charge in [-0.05, 0) is 74.2 Å². The Morgan fingerprint density at radius 2 is 1.82 bits per heavy atom. The van der Waals surface area contributed by atoms with Crippen molar-refractivity contribution in [3.8, 4) is 17.6 Å². The van der Waals surface area contributed by atoms with Gasteiger partial charge in [-0.25, -0.2) is 4.79 Å². The van der Waals surface area contributed by atoms with Crippen LogP contribution < -0.4 is 26.2 Å². The average Bonchev–Trinajstić information content (AvgIpc) is 3.56. The molecule has 17 heteroatoms. The summed E-state index contributed by atoms with van der Waals surface area (Å²) in [5.41, 5.74) is 2.68. The zero-order valence-electron chi connectivity index (χ0n) is 31.7. The summed E-state index contributed by atoms with van der Waals surface area (Å²) in [6.07, 6.45) is 1.14. The third-order valence-corrected chi connectivity index (χ3v) is 9.03. The first-order valence-corrected chi connectivity index (χ1v) is 17.9. The molecule has 56 heavy (non-hydrogen) atoms. The topological polar surface area (TPSA) is 218 Å². The van der Waals surface area contributed by atoms with Crippen LogP contribution in [0.2, 0.25) is 0 Å². The number of aryl methyl sites for hydroxylation is 2. The molecule has 3 aromatic carbocycles. The van der Waals surface area contributed by atoms with Crippen molar-refractivity contribution in [2.24, 2.45) is 20.5 Å². The lowest BCUT2D eigenvalue weighted by Crippen LogP contribution is -2.33. The Kier molecular flexibility index (Phi) is 13.6. The van der Waals surface area contributed by atoms with Gasteiger partial charge in [0.05, 0.1) is 42.2 Å². The summed E-state index contributed by atoms with van der Waals surface area (Å²) < 4.78 is 12.5. The second-order valence-electron chi connectivity index (χ2n) is 13.1. The maximum atomic E-state index is 12.4. The van der Waals surface area contributed by atoms with E-state index in [0.717, 1.165) is 16.8 Å². The number of carbonyl (C=O) groups excluding carboxylic acids is 1. The Bertz CT molecular complexity index is 2310. The van der Waals surface area contributed by atoms with Gasteiger partial charge in [0.15, 0.2) is 5.69 Å². The highest BCUT2D eigenvalue weighted by atomic mass is 16.6. The van der Waals surface area contributed by atoms with Gasteiger partial charge in [0.25, 0.3) is 11.2 Å². The van der Waals surface area contributed by atoms with Crippen molar-refractivity contribution < 1.29 is 24.3 Å². The minimum Gasteiger partial charge on any atom is -0.494 e. The van der Waals surface area contributed by atoms with Crippen LogP contribution in [0.15, 0.2) is 90.8 Å². The van der Waals surface area contributed by atoms with E-state index < -0.39 is 34.6 Å². The monoisotopic (exact) mass is 765 g/mol. The number of benzene rings is 3. The van der Waals surface area contributed by atoms with Crippen LogP contribution in [0.1, 0.15) is 55.5 Å². The highest BCUT2D eigenvalue weighted by Crippen LogP contribution is 2.38. The van der Waals surface area contributed by atoms with Crippen molar-refractivity contribution >= 4 is 40.0 Å². The third-order valence-electron chi connectivity index (χ3n) is 9.03. The molecule has 1 saturated heterocycles. The van der Waals surface area contributed by atoms with Gasteiger partial charge in [0.2, 0.25) is 5.91 Å². The fourth-order valence-corrected chi connectivity index (χ4v) is 5.89. The molecule has 1 fully saturated rings. The second kappa shape index (κ2) is 18.7. The summed E-state index contributed by atoms with van der Waals surface area (Å²) >= 11 is 0. The molecular formula is C39H43N9O8. The molecule has 3 atom stereocenters. The zero-order valence-corrected chi connectivity index (χ0v) is 31.7. The molecule has 17 nitrogen and oxygen atoms in total. The first kappa shape index (κ1) is 40.7. The lowest BCUT2D eigenvalue weighted by molar-refractivity contribution is -0.384. The van der Waals surface area contributed by atoms with E-state index in [0.29, 0.717) is 42.2 Å². The lowest BCUT2D eigenvalue weighted by atomic mass is 10.1. The lowest BCUT2D eigenvalue weighted by Gasteiger charge is -2.19. The first-order chi connectivity index (χ1) is 26.9. The molecule has 5 rings (SSSR count). The number of anilines is 1. The van der Waals surface area contributed by atoms with Crippen LogP contribution in [0.25, 0.3) is 0 Å². The number of aliphatic hydroxyl groups is 1. The quantitative estimate of drug-likeness (QED) is 0.0563. The SMILES string of the molecule is CCC1OC(n2cc(C#CCNC(=O)CCCN(C)c3ccc(N=Nc4cc(C)c(N=Nc5ccc(C)cc5[N+](=O)[O-])cc4OC)cc3)c(=O)[nH]c2=O)CC1O. The number of methoxy groups -OCH3 is 1. The summed E-state index contributed by atoms with van der Waals surface area (Å²) in [5, 5.41) is 41.4. The van der Waals surface area contributed by atoms with Gasteiger partial charge in [0, 0.05) is 50.5 Å². The molecule has 292 valence electrons. The van der Waals surface area contributed by atoms with Crippen molar-refractivity contribution in [1.82, 2.24) is 14.9 Å². The molecule has 1 aliphatic rings. The number of hydrogen-bond donors (Lipinski definition) is 3. The summed E-state index contributed by atoms with van der Waals surface area (Å²) in [5.74, 6) is 5.66. The largest absolute Gasteiger partial charge is 0.494 e. The molecule has 0 aliphatic carbocycles. The molecule has 0 spiro atoms. The number of nitro benzene ring substituents is 1. The van der Waals surface area contributed by atoms with Gasteiger partial charge in [0.1, 0.15) is 23.2 Å². The smallest absolute Gasteiger partial charge is 0.330 e. The van der Waals surface area contributed by atoms with Crippen LogP contribution in [-0.4, -0.2) is 64.9 Å². The Morgan fingerprint density at radius 3 is 2.52 bits per heavy atom. The minimum absolute atomic E-state index is 0.0152. The van der Waals surface area contributed by atoms with E-state index in [4.69, 9.17) is 9.47 Å². The van der Waals surface area contributed by atoms with E-state index in [1.165, 1.54) is 23.9 Å². The number of rotatable bonds is 14. The standard InChI is InChI=1S/C39H43N9O8/c1-6-34-33(49)22-37(56-34)47-23-26(38(51)41-39(47)52)9-7-17-40-36(50)10-8-18-46(4)28-14-12-27(13-15-28)42-45-31-20-25(3)30(21-35(31)55-5)44-43-29-16-11-24(2)19-32(29)48(53)54/h11-16,19-21,23,33-34,37,49H,6,8,10,17-18,22H2,1-5H3,(H,40,50)(H,41,51,52). The van der Waals surface area contributed by atoms with E-state index in [1.807, 2.05) is 50.1 Å². The number of aromatic amines is 1. The number of H-pyrrole nitrogens is 1. The van der Waals surface area contributed by atoms with Crippen LogP contribution in [-0.2, 0) is 9.53 Å². The summed E-state index contributed by atoms with van der Waals surface area (Å²) in [4.78, 5) is 52.3. The van der Waals surface area contributed by atoms with Crippen LogP contribution in [0.3, 0.4) is 0 Å². The first-order valence-electron chi connectivity index (χ1n) is 17.9. The number of nitro groups is 1. The van der Waals surface area contributed by atoms with Crippen LogP contribution in [0.5, 0.6) is 5.75 Å². The Labute approximate surface area is 322 Å². The highest BCUT2D eigenvalue weighted by Gasteiger charge is 2.34. The van der Waals surface area contributed by atoms with E-state index >= 15 is 0 Å². The Morgan fingerprint density at radius 1 is 1.09 bits per heavy atom. The molecule has 0 saturated carbocycles. The maximum absolute atomic E-state index is 12.4. The maximum Gasteiger partial charge on any atom is 0.330 e. The van der Waals surface area contributed by atoms with Crippen molar-refractivity contribution in [1.29, 1.82) is 0 Å². The van der Waals surface area contributed by atoms with Gasteiger partial charge in [-0.2, -0.15) is 5.11 Å². The number of amides is 1. The molecule has 3 unspecified atom stereocenters. The molecule has 2 heterocycles. The van der Waals surface area contributed by atoms with Crippen LogP contribution in [0, 0.1) is 35.8 Å². The molecule has 1 amide bonds. The fourth-order valence-electron chi connectivity index (χ4n) is 5.89. The highest BCUT2D eigenvalue weighted by molar-refractivity contribution is 5.76. The number of nitrogens with zero attached hydrogens (tertiary/aromatic N) is 7. The molecule has 3 N–H and O–H groups in total. The van der Waals surface area contributed by atoms with E-state index in [1.54, 1.807) is 31.2 Å². The molecule has 1 aromatic heterocycles. The van der Waals surface area contributed by atoms with Crippen molar-refractivity contribution in [3.05, 3.63) is 108 Å². The number of aromatic nitrogens is 2.